The minimum absolute atomic E-state index is 0.418. The molecule has 0 saturated carbocycles. The molecule has 1 saturated heterocycles. The van der Waals surface area contributed by atoms with Gasteiger partial charge in [0.15, 0.2) is 0 Å². The van der Waals surface area contributed by atoms with Crippen molar-refractivity contribution in [1.29, 1.82) is 0 Å². The zero-order valence-corrected chi connectivity index (χ0v) is 22.7. The monoisotopic (exact) mass is 556 g/mol. The molecule has 2 heterocycles. The molecule has 42 heavy (non-hydrogen) atoms. The molecule has 11 heteroatoms. The summed E-state index contributed by atoms with van der Waals surface area (Å²) in [6.07, 6.45) is 0. The third-order valence-electron chi connectivity index (χ3n) is 6.24. The highest BCUT2D eigenvalue weighted by molar-refractivity contribution is 5.62. The van der Waals surface area contributed by atoms with E-state index in [1.807, 2.05) is 109 Å². The van der Waals surface area contributed by atoms with Crippen LogP contribution < -0.4 is 15.5 Å². The summed E-state index contributed by atoms with van der Waals surface area (Å²) >= 11 is 0. The third-order valence-corrected chi connectivity index (χ3v) is 6.24. The first-order chi connectivity index (χ1) is 20.8. The summed E-state index contributed by atoms with van der Waals surface area (Å²) in [5.74, 6) is 1.40. The van der Waals surface area contributed by atoms with Crippen molar-refractivity contribution in [2.45, 2.75) is 0 Å². The molecule has 0 radical (unpaired) electrons. The maximum Gasteiger partial charge on any atom is 0.233 e. The normalized spacial score (nSPS) is 13.5. The lowest BCUT2D eigenvalue weighted by atomic mass is 10.3. The smallest absolute Gasteiger partial charge is 0.233 e. The van der Waals surface area contributed by atoms with E-state index < -0.39 is 0 Å². The predicted octanol–water partition coefficient (Wildman–Crippen LogP) is 8.03. The summed E-state index contributed by atoms with van der Waals surface area (Å²) in [5, 5.41) is 23.7. The third kappa shape index (κ3) is 7.34. The fourth-order valence-electron chi connectivity index (χ4n) is 4.08. The van der Waals surface area contributed by atoms with Gasteiger partial charge in [-0.25, -0.2) is 0 Å². The molecule has 208 valence electrons. The molecule has 1 aromatic heterocycles. The number of aromatic nitrogens is 3. The van der Waals surface area contributed by atoms with Crippen LogP contribution in [-0.2, 0) is 4.74 Å². The van der Waals surface area contributed by atoms with E-state index in [4.69, 9.17) is 4.74 Å². The Labute approximate surface area is 243 Å². The van der Waals surface area contributed by atoms with E-state index in [1.165, 1.54) is 0 Å². The van der Waals surface area contributed by atoms with Crippen LogP contribution in [-0.4, -0.2) is 41.3 Å². The SMILES string of the molecule is c1ccc(N=Nc2ccc(Nc3nc(Nc4ccc(N=Nc5ccccc5)cc4)nc(N4CCOCC4)n3)cc2)cc1. The van der Waals surface area contributed by atoms with Crippen molar-refractivity contribution >= 4 is 52.0 Å². The van der Waals surface area contributed by atoms with Crippen molar-refractivity contribution < 1.29 is 4.74 Å². The summed E-state index contributed by atoms with van der Waals surface area (Å²) < 4.78 is 5.51. The van der Waals surface area contributed by atoms with Crippen LogP contribution in [0.5, 0.6) is 0 Å². The van der Waals surface area contributed by atoms with Gasteiger partial charge in [-0.1, -0.05) is 36.4 Å². The quantitative estimate of drug-likeness (QED) is 0.176. The van der Waals surface area contributed by atoms with Gasteiger partial charge in [0.2, 0.25) is 17.8 Å². The lowest BCUT2D eigenvalue weighted by molar-refractivity contribution is 0.122. The van der Waals surface area contributed by atoms with Crippen molar-refractivity contribution in [1.82, 2.24) is 15.0 Å². The first-order valence-electron chi connectivity index (χ1n) is 13.5. The Morgan fingerprint density at radius 3 is 1.33 bits per heavy atom. The molecule has 0 aliphatic carbocycles. The van der Waals surface area contributed by atoms with Crippen LogP contribution in [0.3, 0.4) is 0 Å². The topological polar surface area (TPSA) is 125 Å². The highest BCUT2D eigenvalue weighted by atomic mass is 16.5. The Morgan fingerprint density at radius 1 is 0.500 bits per heavy atom. The Morgan fingerprint density at radius 2 is 0.905 bits per heavy atom. The summed E-state index contributed by atoms with van der Waals surface area (Å²) in [4.78, 5) is 16.1. The van der Waals surface area contributed by atoms with Crippen molar-refractivity contribution in [3.8, 4) is 0 Å². The second-order valence-corrected chi connectivity index (χ2v) is 9.30. The maximum atomic E-state index is 5.51. The Balaban J connectivity index is 1.18. The van der Waals surface area contributed by atoms with Crippen LogP contribution in [0, 0.1) is 0 Å². The Kier molecular flexibility index (Phi) is 8.38. The predicted molar refractivity (Wildman–Crippen MR) is 164 cm³/mol. The van der Waals surface area contributed by atoms with E-state index in [2.05, 4.69) is 50.9 Å². The molecule has 0 atom stereocenters. The molecule has 0 unspecified atom stereocenters. The summed E-state index contributed by atoms with van der Waals surface area (Å²) in [6.45, 7) is 2.64. The Hall–Kier alpha value is -5.55. The first-order valence-corrected chi connectivity index (χ1v) is 13.5. The number of nitrogens with one attached hydrogen (secondary N) is 2. The van der Waals surface area contributed by atoms with Gasteiger partial charge in [0.25, 0.3) is 0 Å². The van der Waals surface area contributed by atoms with Crippen molar-refractivity contribution in [2.24, 2.45) is 20.5 Å². The molecular weight excluding hydrogens is 528 g/mol. The lowest BCUT2D eigenvalue weighted by Crippen LogP contribution is -2.37. The summed E-state index contributed by atoms with van der Waals surface area (Å²) in [7, 11) is 0. The van der Waals surface area contributed by atoms with Gasteiger partial charge < -0.3 is 20.3 Å². The van der Waals surface area contributed by atoms with Gasteiger partial charge >= 0.3 is 0 Å². The highest BCUT2D eigenvalue weighted by Gasteiger charge is 2.17. The molecule has 1 aliphatic heterocycles. The minimum atomic E-state index is 0.418. The van der Waals surface area contributed by atoms with Gasteiger partial charge in [-0.05, 0) is 72.8 Å². The number of anilines is 5. The van der Waals surface area contributed by atoms with Crippen LogP contribution >= 0.6 is 0 Å². The molecular formula is C31H28N10O. The summed E-state index contributed by atoms with van der Waals surface area (Å²) in [5.41, 5.74) is 4.70. The fourth-order valence-corrected chi connectivity index (χ4v) is 4.08. The molecule has 0 spiro atoms. The number of rotatable bonds is 9. The number of nitrogens with zero attached hydrogens (tertiary/aromatic N) is 8. The van der Waals surface area contributed by atoms with Crippen LogP contribution in [0.15, 0.2) is 130 Å². The van der Waals surface area contributed by atoms with E-state index >= 15 is 0 Å². The molecule has 6 rings (SSSR count). The van der Waals surface area contributed by atoms with Crippen molar-refractivity contribution in [3.05, 3.63) is 109 Å². The largest absolute Gasteiger partial charge is 0.378 e. The zero-order valence-electron chi connectivity index (χ0n) is 22.7. The summed E-state index contributed by atoms with van der Waals surface area (Å²) in [6, 6.07) is 34.4. The maximum absolute atomic E-state index is 5.51. The van der Waals surface area contributed by atoms with Gasteiger partial charge in [0, 0.05) is 24.5 Å². The average molecular weight is 557 g/mol. The average Bonchev–Trinajstić information content (AvgIpc) is 3.05. The molecule has 0 amide bonds. The van der Waals surface area contributed by atoms with Crippen LogP contribution in [0.4, 0.5) is 52.0 Å². The molecule has 1 aliphatic rings. The number of hydrogen-bond acceptors (Lipinski definition) is 11. The van der Waals surface area contributed by atoms with Crippen molar-refractivity contribution in [2.75, 3.05) is 41.8 Å². The first kappa shape index (κ1) is 26.7. The fraction of sp³-hybridized carbons (Fsp3) is 0.129. The van der Waals surface area contributed by atoms with Gasteiger partial charge in [0.1, 0.15) is 0 Å². The number of ether oxygens (including phenoxy) is 1. The highest BCUT2D eigenvalue weighted by Crippen LogP contribution is 2.25. The van der Waals surface area contributed by atoms with Gasteiger partial charge in [-0.2, -0.15) is 35.4 Å². The van der Waals surface area contributed by atoms with Crippen LogP contribution in [0.25, 0.3) is 0 Å². The second-order valence-electron chi connectivity index (χ2n) is 9.30. The Bertz CT molecular complexity index is 1520. The van der Waals surface area contributed by atoms with E-state index in [0.717, 1.165) is 34.1 Å². The van der Waals surface area contributed by atoms with Gasteiger partial charge in [0.05, 0.1) is 36.0 Å². The molecule has 11 nitrogen and oxygen atoms in total. The number of benzene rings is 4. The minimum Gasteiger partial charge on any atom is -0.378 e. The van der Waals surface area contributed by atoms with Crippen molar-refractivity contribution in [3.63, 3.8) is 0 Å². The molecule has 2 N–H and O–H groups in total. The molecule has 0 bridgehead atoms. The number of morpholine rings is 1. The van der Waals surface area contributed by atoms with E-state index in [9.17, 15) is 0 Å². The molecule has 1 fully saturated rings. The zero-order chi connectivity index (χ0) is 28.4. The number of hydrogen-bond donors (Lipinski definition) is 2. The van der Waals surface area contributed by atoms with E-state index in [1.54, 1.807) is 0 Å². The van der Waals surface area contributed by atoms with Gasteiger partial charge in [-0.3, -0.25) is 0 Å². The lowest BCUT2D eigenvalue weighted by Gasteiger charge is -2.27. The van der Waals surface area contributed by atoms with E-state index in [-0.39, 0.29) is 0 Å². The van der Waals surface area contributed by atoms with E-state index in [0.29, 0.717) is 44.1 Å². The van der Waals surface area contributed by atoms with Gasteiger partial charge in [-0.15, -0.1) is 0 Å². The van der Waals surface area contributed by atoms with Crippen LogP contribution in [0.1, 0.15) is 0 Å². The van der Waals surface area contributed by atoms with Crippen LogP contribution in [0.2, 0.25) is 0 Å². The molecule has 5 aromatic rings. The second kappa shape index (κ2) is 13.2. The standard InChI is InChI=1S/C31H28N10O/c1-3-7-25(8-4-1)37-39-27-15-11-23(12-16-27)32-29-34-30(36-31(35-29)41-19-21-42-22-20-41)33-24-13-17-28(18-14-24)40-38-26-9-5-2-6-10-26/h1-18H,19-22H2,(H2,32,33,34,35,36). The molecule has 4 aromatic carbocycles. The number of azo groups is 2.